The van der Waals surface area contributed by atoms with Crippen molar-refractivity contribution in [1.82, 2.24) is 5.32 Å². The van der Waals surface area contributed by atoms with E-state index in [2.05, 4.69) is 19.2 Å². The molecule has 0 aliphatic carbocycles. The second kappa shape index (κ2) is 5.09. The van der Waals surface area contributed by atoms with Gasteiger partial charge in [-0.1, -0.05) is 26.0 Å². The number of carbonyl (C=O) groups excluding carboxylic acids is 1. The largest absolute Gasteiger partial charge is 0.490 e. The molecule has 1 N–H and O–H groups in total. The lowest BCUT2D eigenvalue weighted by Crippen LogP contribution is -2.57. The molecule has 0 saturated carbocycles. The van der Waals surface area contributed by atoms with Gasteiger partial charge in [0.2, 0.25) is 5.91 Å². The summed E-state index contributed by atoms with van der Waals surface area (Å²) in [4.78, 5) is 14.8. The standard InChI is InChI=1S/C16H22N2O2/c1-16(2)8-5-9-17-14(16)15(19)18-10-11-20-13-7-4-3-6-12(13)18/h3-4,6-7,14,17H,5,8-11H2,1-2H3. The predicted octanol–water partition coefficient (Wildman–Crippen LogP) is 2.19. The number of para-hydroxylation sites is 2. The van der Waals surface area contributed by atoms with Gasteiger partial charge in [0.15, 0.2) is 0 Å². The number of rotatable bonds is 1. The molecule has 0 radical (unpaired) electrons. The average molecular weight is 274 g/mol. The monoisotopic (exact) mass is 274 g/mol. The van der Waals surface area contributed by atoms with Gasteiger partial charge in [-0.2, -0.15) is 0 Å². The second-order valence-electron chi connectivity index (χ2n) is 6.29. The number of benzene rings is 1. The molecule has 2 heterocycles. The zero-order valence-corrected chi connectivity index (χ0v) is 12.2. The third kappa shape index (κ3) is 2.29. The molecule has 1 atom stereocenters. The molecule has 20 heavy (non-hydrogen) atoms. The Balaban J connectivity index is 1.88. The number of carbonyl (C=O) groups is 1. The summed E-state index contributed by atoms with van der Waals surface area (Å²) in [7, 11) is 0. The van der Waals surface area contributed by atoms with Crippen LogP contribution in [0.2, 0.25) is 0 Å². The first-order valence-electron chi connectivity index (χ1n) is 7.36. The normalized spacial score (nSPS) is 24.7. The van der Waals surface area contributed by atoms with Crippen molar-refractivity contribution in [2.75, 3.05) is 24.6 Å². The summed E-state index contributed by atoms with van der Waals surface area (Å²) in [5, 5.41) is 3.41. The summed E-state index contributed by atoms with van der Waals surface area (Å²) < 4.78 is 5.63. The Labute approximate surface area is 120 Å². The summed E-state index contributed by atoms with van der Waals surface area (Å²) >= 11 is 0. The Hall–Kier alpha value is -1.55. The SMILES string of the molecule is CC1(C)CCCNC1C(=O)N1CCOc2ccccc21. The van der Waals surface area contributed by atoms with Gasteiger partial charge in [0, 0.05) is 0 Å². The molecule has 1 saturated heterocycles. The van der Waals surface area contributed by atoms with E-state index in [-0.39, 0.29) is 17.4 Å². The molecular formula is C16H22N2O2. The molecule has 3 rings (SSSR count). The van der Waals surface area contributed by atoms with Crippen molar-refractivity contribution in [3.8, 4) is 5.75 Å². The highest BCUT2D eigenvalue weighted by Crippen LogP contribution is 2.35. The molecule has 0 aromatic heterocycles. The van der Waals surface area contributed by atoms with Crippen molar-refractivity contribution >= 4 is 11.6 Å². The van der Waals surface area contributed by atoms with Crippen LogP contribution in [-0.2, 0) is 4.79 Å². The van der Waals surface area contributed by atoms with E-state index in [0.717, 1.165) is 30.8 Å². The maximum absolute atomic E-state index is 12.9. The van der Waals surface area contributed by atoms with E-state index in [9.17, 15) is 4.79 Å². The van der Waals surface area contributed by atoms with E-state index in [1.165, 1.54) is 0 Å². The highest BCUT2D eigenvalue weighted by atomic mass is 16.5. The first kappa shape index (κ1) is 13.4. The van der Waals surface area contributed by atoms with E-state index in [0.29, 0.717) is 13.2 Å². The zero-order valence-electron chi connectivity index (χ0n) is 12.2. The van der Waals surface area contributed by atoms with E-state index in [1.807, 2.05) is 29.2 Å². The summed E-state index contributed by atoms with van der Waals surface area (Å²) in [6.07, 6.45) is 2.22. The average Bonchev–Trinajstić information content (AvgIpc) is 2.45. The second-order valence-corrected chi connectivity index (χ2v) is 6.29. The van der Waals surface area contributed by atoms with Gasteiger partial charge in [0.1, 0.15) is 12.4 Å². The molecule has 1 aromatic rings. The van der Waals surface area contributed by atoms with Gasteiger partial charge in [-0.25, -0.2) is 0 Å². The molecule has 1 aromatic carbocycles. The topological polar surface area (TPSA) is 41.6 Å². The smallest absolute Gasteiger partial charge is 0.244 e. The number of hydrogen-bond acceptors (Lipinski definition) is 3. The van der Waals surface area contributed by atoms with Crippen molar-refractivity contribution < 1.29 is 9.53 Å². The Kier molecular flexibility index (Phi) is 3.42. The fourth-order valence-electron chi connectivity index (χ4n) is 3.19. The van der Waals surface area contributed by atoms with Crippen molar-refractivity contribution in [3.05, 3.63) is 24.3 Å². The van der Waals surface area contributed by atoms with Gasteiger partial charge in [-0.3, -0.25) is 4.79 Å². The fourth-order valence-corrected chi connectivity index (χ4v) is 3.19. The molecule has 4 heteroatoms. The third-order valence-electron chi connectivity index (χ3n) is 4.37. The Morgan fingerprint density at radius 2 is 2.20 bits per heavy atom. The van der Waals surface area contributed by atoms with Crippen LogP contribution in [0.5, 0.6) is 5.75 Å². The minimum atomic E-state index is -0.109. The van der Waals surface area contributed by atoms with Crippen molar-refractivity contribution in [2.45, 2.75) is 32.7 Å². The van der Waals surface area contributed by atoms with Gasteiger partial charge in [0.05, 0.1) is 18.3 Å². The number of piperidine rings is 1. The highest BCUT2D eigenvalue weighted by Gasteiger charge is 2.40. The molecule has 4 nitrogen and oxygen atoms in total. The van der Waals surface area contributed by atoms with Crippen LogP contribution in [-0.4, -0.2) is 31.6 Å². The summed E-state index contributed by atoms with van der Waals surface area (Å²) in [5.41, 5.74) is 0.898. The summed E-state index contributed by atoms with van der Waals surface area (Å²) in [6, 6.07) is 7.67. The van der Waals surface area contributed by atoms with Crippen LogP contribution < -0.4 is 15.0 Å². The Morgan fingerprint density at radius 1 is 1.40 bits per heavy atom. The lowest BCUT2D eigenvalue weighted by atomic mass is 9.77. The maximum atomic E-state index is 12.9. The number of anilines is 1. The molecule has 2 aliphatic rings. The molecule has 108 valence electrons. The molecule has 0 spiro atoms. The van der Waals surface area contributed by atoms with Crippen molar-refractivity contribution in [3.63, 3.8) is 0 Å². The van der Waals surface area contributed by atoms with Crippen LogP contribution in [0.25, 0.3) is 0 Å². The van der Waals surface area contributed by atoms with Gasteiger partial charge >= 0.3 is 0 Å². The van der Waals surface area contributed by atoms with Crippen molar-refractivity contribution in [2.24, 2.45) is 5.41 Å². The predicted molar refractivity (Wildman–Crippen MR) is 79.1 cm³/mol. The number of ether oxygens (including phenoxy) is 1. The lowest BCUT2D eigenvalue weighted by molar-refractivity contribution is -0.124. The quantitative estimate of drug-likeness (QED) is 0.853. The van der Waals surface area contributed by atoms with E-state index >= 15 is 0 Å². The van der Waals surface area contributed by atoms with Gasteiger partial charge in [0.25, 0.3) is 0 Å². The molecule has 1 amide bonds. The van der Waals surface area contributed by atoms with Gasteiger partial charge in [-0.15, -0.1) is 0 Å². The van der Waals surface area contributed by atoms with E-state index < -0.39 is 0 Å². The van der Waals surface area contributed by atoms with E-state index in [1.54, 1.807) is 0 Å². The van der Waals surface area contributed by atoms with Gasteiger partial charge < -0.3 is 15.0 Å². The lowest BCUT2D eigenvalue weighted by Gasteiger charge is -2.41. The van der Waals surface area contributed by atoms with Crippen molar-refractivity contribution in [1.29, 1.82) is 0 Å². The zero-order chi connectivity index (χ0) is 14.2. The first-order valence-corrected chi connectivity index (χ1v) is 7.36. The first-order chi connectivity index (χ1) is 9.59. The van der Waals surface area contributed by atoms with Crippen LogP contribution in [0.15, 0.2) is 24.3 Å². The molecular weight excluding hydrogens is 252 g/mol. The third-order valence-corrected chi connectivity index (χ3v) is 4.37. The maximum Gasteiger partial charge on any atom is 0.244 e. The minimum absolute atomic E-state index is 0.00256. The number of fused-ring (bicyclic) bond motifs is 1. The van der Waals surface area contributed by atoms with Gasteiger partial charge in [-0.05, 0) is 36.9 Å². The molecule has 1 unspecified atom stereocenters. The molecule has 2 aliphatic heterocycles. The van der Waals surface area contributed by atoms with Crippen LogP contribution >= 0.6 is 0 Å². The van der Waals surface area contributed by atoms with Crippen LogP contribution in [0, 0.1) is 5.41 Å². The highest BCUT2D eigenvalue weighted by molar-refractivity contribution is 5.99. The minimum Gasteiger partial charge on any atom is -0.490 e. The van der Waals surface area contributed by atoms with Crippen LogP contribution in [0.1, 0.15) is 26.7 Å². The fraction of sp³-hybridized carbons (Fsp3) is 0.562. The Morgan fingerprint density at radius 3 is 3.00 bits per heavy atom. The van der Waals surface area contributed by atoms with Crippen LogP contribution in [0.3, 0.4) is 0 Å². The number of nitrogens with one attached hydrogen (secondary N) is 1. The number of hydrogen-bond donors (Lipinski definition) is 1. The van der Waals surface area contributed by atoms with Crippen LogP contribution in [0.4, 0.5) is 5.69 Å². The number of nitrogens with zero attached hydrogens (tertiary/aromatic N) is 1. The number of amides is 1. The molecule has 1 fully saturated rings. The Bertz CT molecular complexity index is 513. The summed E-state index contributed by atoms with van der Waals surface area (Å²) in [6.45, 7) is 6.47. The van der Waals surface area contributed by atoms with E-state index in [4.69, 9.17) is 4.74 Å². The summed E-state index contributed by atoms with van der Waals surface area (Å²) in [5.74, 6) is 0.978. The molecule has 0 bridgehead atoms.